The van der Waals surface area contributed by atoms with Gasteiger partial charge in [0.15, 0.2) is 0 Å². The van der Waals surface area contributed by atoms with Crippen LogP contribution in [0.5, 0.6) is 0 Å². The minimum atomic E-state index is -0.804. The lowest BCUT2D eigenvalue weighted by atomic mass is 10.1. The molecule has 1 aliphatic rings. The minimum absolute atomic E-state index is 0.116. The first-order valence-corrected chi connectivity index (χ1v) is 11.2. The number of carbonyl (C=O) groups excluding carboxylic acids is 2. The third-order valence-corrected chi connectivity index (χ3v) is 5.90. The van der Waals surface area contributed by atoms with Crippen molar-refractivity contribution in [1.29, 1.82) is 5.26 Å². The summed E-state index contributed by atoms with van der Waals surface area (Å²) in [6.45, 7) is 3.61. The van der Waals surface area contributed by atoms with Crippen LogP contribution in [0.4, 0.5) is 11.4 Å². The van der Waals surface area contributed by atoms with E-state index in [0.29, 0.717) is 11.3 Å². The Morgan fingerprint density at radius 2 is 1.68 bits per heavy atom. The zero-order chi connectivity index (χ0) is 23.8. The Labute approximate surface area is 198 Å². The van der Waals surface area contributed by atoms with E-state index in [4.69, 9.17) is 0 Å². The molecule has 2 heterocycles. The van der Waals surface area contributed by atoms with E-state index in [1.165, 1.54) is 5.69 Å². The lowest BCUT2D eigenvalue weighted by molar-refractivity contribution is -0.136. The number of nitriles is 1. The molecular formula is C26H26N6O2. The summed E-state index contributed by atoms with van der Waals surface area (Å²) in [5.74, 6) is -1.55. The van der Waals surface area contributed by atoms with Gasteiger partial charge in [0.1, 0.15) is 6.07 Å². The van der Waals surface area contributed by atoms with Crippen LogP contribution in [0.15, 0.2) is 79.1 Å². The van der Waals surface area contributed by atoms with Crippen LogP contribution in [0.25, 0.3) is 0 Å². The van der Waals surface area contributed by atoms with Gasteiger partial charge < -0.3 is 15.5 Å². The molecule has 0 spiro atoms. The largest absolute Gasteiger partial charge is 0.369 e. The molecule has 172 valence electrons. The highest BCUT2D eigenvalue weighted by molar-refractivity contribution is 6.39. The van der Waals surface area contributed by atoms with Crippen molar-refractivity contribution in [2.45, 2.75) is 6.04 Å². The van der Waals surface area contributed by atoms with Crippen molar-refractivity contribution in [3.63, 3.8) is 0 Å². The number of carbonyl (C=O) groups is 2. The molecule has 8 nitrogen and oxygen atoms in total. The highest BCUT2D eigenvalue weighted by Gasteiger charge is 2.27. The number of hydrogen-bond donors (Lipinski definition) is 2. The lowest BCUT2D eigenvalue weighted by Crippen LogP contribution is -2.50. The number of hydrogen-bond acceptors (Lipinski definition) is 6. The topological polar surface area (TPSA) is 101 Å². The Morgan fingerprint density at radius 1 is 0.941 bits per heavy atom. The number of pyridine rings is 1. The first kappa shape index (κ1) is 23.0. The van der Waals surface area contributed by atoms with Gasteiger partial charge in [-0.3, -0.25) is 19.5 Å². The van der Waals surface area contributed by atoms with Crippen LogP contribution in [0.2, 0.25) is 0 Å². The third-order valence-electron chi connectivity index (χ3n) is 5.90. The monoisotopic (exact) mass is 454 g/mol. The molecule has 0 aliphatic carbocycles. The Kier molecular flexibility index (Phi) is 7.48. The molecule has 3 aromatic rings. The van der Waals surface area contributed by atoms with E-state index < -0.39 is 11.8 Å². The van der Waals surface area contributed by atoms with Gasteiger partial charge in [-0.05, 0) is 35.9 Å². The number of anilines is 2. The van der Waals surface area contributed by atoms with E-state index in [-0.39, 0.29) is 12.6 Å². The zero-order valence-corrected chi connectivity index (χ0v) is 18.7. The average molecular weight is 455 g/mol. The van der Waals surface area contributed by atoms with Gasteiger partial charge in [0.25, 0.3) is 0 Å². The molecule has 1 atom stereocenters. The fraction of sp³-hybridized carbons (Fsp3) is 0.231. The van der Waals surface area contributed by atoms with Crippen molar-refractivity contribution >= 4 is 23.2 Å². The summed E-state index contributed by atoms with van der Waals surface area (Å²) in [6.07, 6.45) is 3.51. The molecule has 8 heteroatoms. The molecule has 2 N–H and O–H groups in total. The number of rotatable bonds is 6. The number of aromatic nitrogens is 1. The summed E-state index contributed by atoms with van der Waals surface area (Å²) in [5, 5.41) is 14.5. The average Bonchev–Trinajstić information content (AvgIpc) is 2.90. The molecule has 1 saturated heterocycles. The van der Waals surface area contributed by atoms with Crippen molar-refractivity contribution < 1.29 is 9.59 Å². The van der Waals surface area contributed by atoms with Gasteiger partial charge in [-0.15, -0.1) is 0 Å². The summed E-state index contributed by atoms with van der Waals surface area (Å²) < 4.78 is 0. The van der Waals surface area contributed by atoms with Crippen molar-refractivity contribution in [2.75, 3.05) is 42.9 Å². The summed E-state index contributed by atoms with van der Waals surface area (Å²) in [5.41, 5.74) is 2.79. The second-order valence-electron chi connectivity index (χ2n) is 7.98. The molecule has 34 heavy (non-hydrogen) atoms. The van der Waals surface area contributed by atoms with Crippen molar-refractivity contribution in [3.05, 3.63) is 90.3 Å². The van der Waals surface area contributed by atoms with Crippen LogP contribution in [-0.2, 0) is 9.59 Å². The van der Waals surface area contributed by atoms with Crippen LogP contribution < -0.4 is 15.5 Å². The van der Waals surface area contributed by atoms with E-state index in [9.17, 15) is 14.9 Å². The van der Waals surface area contributed by atoms with E-state index >= 15 is 0 Å². The maximum atomic E-state index is 12.6. The molecule has 1 aliphatic heterocycles. The number of nitrogens with one attached hydrogen (secondary N) is 2. The maximum absolute atomic E-state index is 12.6. The Morgan fingerprint density at radius 3 is 2.38 bits per heavy atom. The second kappa shape index (κ2) is 11.1. The summed E-state index contributed by atoms with van der Waals surface area (Å²) in [6, 6.07) is 22.6. The van der Waals surface area contributed by atoms with Gasteiger partial charge in [-0.2, -0.15) is 5.26 Å². The fourth-order valence-electron chi connectivity index (χ4n) is 4.10. The fourth-order valence-corrected chi connectivity index (χ4v) is 4.10. The van der Waals surface area contributed by atoms with Crippen molar-refractivity contribution in [2.24, 2.45) is 0 Å². The van der Waals surface area contributed by atoms with Gasteiger partial charge in [0.2, 0.25) is 0 Å². The lowest BCUT2D eigenvalue weighted by Gasteiger charge is -2.40. The number of piperazine rings is 1. The van der Waals surface area contributed by atoms with Gasteiger partial charge in [-0.1, -0.05) is 36.4 Å². The molecule has 2 aromatic carbocycles. The van der Waals surface area contributed by atoms with Crippen LogP contribution in [0.1, 0.15) is 17.2 Å². The number of para-hydroxylation sites is 2. The van der Waals surface area contributed by atoms with Crippen LogP contribution in [-0.4, -0.2) is 54.4 Å². The third kappa shape index (κ3) is 5.57. The number of benzene rings is 2. The minimum Gasteiger partial charge on any atom is -0.369 e. The molecule has 0 saturated carbocycles. The van der Waals surface area contributed by atoms with Gasteiger partial charge in [-0.25, -0.2) is 0 Å². The molecule has 1 aromatic heterocycles. The van der Waals surface area contributed by atoms with Crippen molar-refractivity contribution in [3.8, 4) is 6.07 Å². The van der Waals surface area contributed by atoms with Gasteiger partial charge >= 0.3 is 11.8 Å². The van der Waals surface area contributed by atoms with Gasteiger partial charge in [0.05, 0.1) is 17.3 Å². The Hall–Kier alpha value is -4.22. The van der Waals surface area contributed by atoms with E-state index in [0.717, 1.165) is 31.7 Å². The number of amides is 2. The maximum Gasteiger partial charge on any atom is 0.313 e. The van der Waals surface area contributed by atoms with Crippen LogP contribution in [0, 0.1) is 11.3 Å². The van der Waals surface area contributed by atoms with Gasteiger partial charge in [0, 0.05) is 50.8 Å². The van der Waals surface area contributed by atoms with E-state index in [1.54, 1.807) is 36.7 Å². The predicted octanol–water partition coefficient (Wildman–Crippen LogP) is 2.57. The molecule has 4 rings (SSSR count). The molecule has 0 bridgehead atoms. The summed E-state index contributed by atoms with van der Waals surface area (Å²) in [4.78, 5) is 33.9. The first-order chi connectivity index (χ1) is 16.7. The molecule has 2 amide bonds. The quantitative estimate of drug-likeness (QED) is 0.555. The van der Waals surface area contributed by atoms with Crippen molar-refractivity contribution in [1.82, 2.24) is 15.2 Å². The SMILES string of the molecule is N#Cc1ccccc1NC(=O)C(=O)NCC(c1cccnc1)N1CCN(c2ccccc2)CC1. The number of nitrogens with zero attached hydrogens (tertiary/aromatic N) is 4. The highest BCUT2D eigenvalue weighted by atomic mass is 16.2. The summed E-state index contributed by atoms with van der Waals surface area (Å²) >= 11 is 0. The van der Waals surface area contributed by atoms with E-state index in [2.05, 4.69) is 37.6 Å². The van der Waals surface area contributed by atoms with Crippen LogP contribution >= 0.6 is 0 Å². The highest BCUT2D eigenvalue weighted by Crippen LogP contribution is 2.23. The van der Waals surface area contributed by atoms with E-state index in [1.807, 2.05) is 36.4 Å². The van der Waals surface area contributed by atoms with Crippen LogP contribution in [0.3, 0.4) is 0 Å². The normalized spacial score (nSPS) is 14.6. The standard InChI is InChI=1S/C26H26N6O2/c27-17-20-7-4-5-11-23(20)30-26(34)25(33)29-19-24(21-8-6-12-28-18-21)32-15-13-31(14-16-32)22-9-2-1-3-10-22/h1-12,18,24H,13-16,19H2,(H,29,33)(H,30,34). The predicted molar refractivity (Wildman–Crippen MR) is 130 cm³/mol. The smallest absolute Gasteiger partial charge is 0.313 e. The Balaban J connectivity index is 1.40. The first-order valence-electron chi connectivity index (χ1n) is 11.2. The molecule has 1 unspecified atom stereocenters. The summed E-state index contributed by atoms with van der Waals surface area (Å²) in [7, 11) is 0. The molecule has 1 fully saturated rings. The molecule has 0 radical (unpaired) electrons. The second-order valence-corrected chi connectivity index (χ2v) is 7.98. The Bertz CT molecular complexity index is 1150. The zero-order valence-electron chi connectivity index (χ0n) is 18.7. The molecular weight excluding hydrogens is 428 g/mol.